The molecule has 1 N–H and O–H groups in total. The van der Waals surface area contributed by atoms with Crippen LogP contribution in [0.3, 0.4) is 0 Å². The van der Waals surface area contributed by atoms with Crippen molar-refractivity contribution in [3.63, 3.8) is 0 Å². The Kier molecular flexibility index (Phi) is 6.30. The molecule has 0 bridgehead atoms. The number of aromatic nitrogens is 5. The number of rotatable bonds is 3. The molecule has 3 heterocycles. The summed E-state index contributed by atoms with van der Waals surface area (Å²) in [5.74, 6) is 0.511. The Labute approximate surface area is 201 Å². The van der Waals surface area contributed by atoms with E-state index in [1.165, 1.54) is 13.2 Å². The van der Waals surface area contributed by atoms with Gasteiger partial charge in [0.15, 0.2) is 5.82 Å². The maximum absolute atomic E-state index is 14.3. The number of pyridine rings is 1. The van der Waals surface area contributed by atoms with Gasteiger partial charge in [0.05, 0.1) is 29.0 Å². The molecular weight excluding hydrogens is 416 g/mol. The van der Waals surface area contributed by atoms with Crippen LogP contribution in [0.2, 0.25) is 5.02 Å². The van der Waals surface area contributed by atoms with Gasteiger partial charge in [0, 0.05) is 47.6 Å². The number of aromatic amines is 1. The van der Waals surface area contributed by atoms with Crippen LogP contribution in [0.4, 0.5) is 4.39 Å². The number of imidazole rings is 1. The first-order valence-electron chi connectivity index (χ1n) is 9.13. The Balaban J connectivity index is 0.00000256. The van der Waals surface area contributed by atoms with E-state index in [-0.39, 0.29) is 40.8 Å². The zero-order chi connectivity index (χ0) is 20.9. The van der Waals surface area contributed by atoms with E-state index in [1.807, 2.05) is 7.05 Å². The van der Waals surface area contributed by atoms with E-state index in [1.54, 1.807) is 28.9 Å². The van der Waals surface area contributed by atoms with Crippen LogP contribution in [-0.4, -0.2) is 61.4 Å². The molecule has 151 valence electrons. The molecule has 6 nitrogen and oxygen atoms in total. The molecule has 4 aromatic rings. The van der Waals surface area contributed by atoms with Crippen LogP contribution < -0.4 is 4.74 Å². The van der Waals surface area contributed by atoms with Gasteiger partial charge in [-0.05, 0) is 18.2 Å². The van der Waals surface area contributed by atoms with Gasteiger partial charge in [-0.2, -0.15) is 5.10 Å². The van der Waals surface area contributed by atoms with Crippen LogP contribution in [0, 0.1) is 5.82 Å². The number of nitrogens with one attached hydrogen (secondary N) is 1. The van der Waals surface area contributed by atoms with Crippen molar-refractivity contribution >= 4 is 52.2 Å². The number of fused-ring (bicyclic) bond motifs is 1. The molecular formula is C21H21ClFN5NaO. The molecule has 9 heteroatoms. The molecule has 4 rings (SSSR count). The predicted molar refractivity (Wildman–Crippen MR) is 118 cm³/mol. The fraction of sp³-hybridized carbons (Fsp3) is 0.286. The van der Waals surface area contributed by atoms with Gasteiger partial charge in [-0.15, -0.1) is 0 Å². The molecule has 0 unspecified atom stereocenters. The summed E-state index contributed by atoms with van der Waals surface area (Å²) in [5.41, 5.74) is 3.27. The molecule has 0 amide bonds. The number of benzene rings is 1. The number of halogens is 2. The number of methoxy groups -OCH3 is 1. The van der Waals surface area contributed by atoms with Gasteiger partial charge in [0.2, 0.25) is 5.88 Å². The normalized spacial score (nSPS) is 11.6. The molecule has 1 radical (unpaired) electrons. The second-order valence-corrected chi connectivity index (χ2v) is 8.24. The zero-order valence-electron chi connectivity index (χ0n) is 17.8. The van der Waals surface area contributed by atoms with Gasteiger partial charge in [-0.3, -0.25) is 4.68 Å². The van der Waals surface area contributed by atoms with E-state index in [4.69, 9.17) is 16.3 Å². The molecule has 0 fully saturated rings. The summed E-state index contributed by atoms with van der Waals surface area (Å²) >= 11 is 6.66. The van der Waals surface area contributed by atoms with Gasteiger partial charge < -0.3 is 9.72 Å². The van der Waals surface area contributed by atoms with Gasteiger partial charge in [0.25, 0.3) is 0 Å². The summed E-state index contributed by atoms with van der Waals surface area (Å²) in [6.45, 7) is 6.16. The number of H-pyrrole nitrogens is 1. The van der Waals surface area contributed by atoms with Crippen molar-refractivity contribution in [3.05, 3.63) is 46.9 Å². The van der Waals surface area contributed by atoms with Crippen LogP contribution in [0.25, 0.3) is 33.8 Å². The first-order valence-corrected chi connectivity index (χ1v) is 9.51. The van der Waals surface area contributed by atoms with E-state index in [0.29, 0.717) is 44.7 Å². The topological polar surface area (TPSA) is 68.6 Å². The number of hydrogen-bond acceptors (Lipinski definition) is 4. The Morgan fingerprint density at radius 2 is 1.87 bits per heavy atom. The average Bonchev–Trinajstić information content (AvgIpc) is 3.21. The van der Waals surface area contributed by atoms with Crippen molar-refractivity contribution in [1.29, 1.82) is 0 Å². The minimum atomic E-state index is -0.360. The molecule has 0 saturated heterocycles. The smallest absolute Gasteiger partial charge is 0.240 e. The summed E-state index contributed by atoms with van der Waals surface area (Å²) in [5, 5.41) is 5.12. The van der Waals surface area contributed by atoms with E-state index >= 15 is 0 Å². The summed E-state index contributed by atoms with van der Waals surface area (Å²) < 4.78 is 21.4. The maximum Gasteiger partial charge on any atom is 0.240 e. The van der Waals surface area contributed by atoms with Crippen LogP contribution >= 0.6 is 11.6 Å². The van der Waals surface area contributed by atoms with Crippen LogP contribution in [0.5, 0.6) is 5.88 Å². The number of ether oxygens (including phenoxy) is 1. The maximum atomic E-state index is 14.3. The molecule has 0 aliphatic heterocycles. The molecule has 30 heavy (non-hydrogen) atoms. The first-order chi connectivity index (χ1) is 13.7. The summed E-state index contributed by atoms with van der Waals surface area (Å²) in [4.78, 5) is 12.4. The molecule has 0 atom stereocenters. The number of aryl methyl sites for hydroxylation is 1. The van der Waals surface area contributed by atoms with Gasteiger partial charge in [-0.25, -0.2) is 14.4 Å². The molecule has 0 aliphatic rings. The van der Waals surface area contributed by atoms with Gasteiger partial charge in [-0.1, -0.05) is 44.5 Å². The van der Waals surface area contributed by atoms with Crippen molar-refractivity contribution in [2.75, 3.05) is 7.11 Å². The van der Waals surface area contributed by atoms with Crippen molar-refractivity contribution in [3.8, 4) is 28.7 Å². The predicted octanol–water partition coefficient (Wildman–Crippen LogP) is 4.74. The van der Waals surface area contributed by atoms with Crippen LogP contribution in [0.1, 0.15) is 26.5 Å². The fourth-order valence-electron chi connectivity index (χ4n) is 3.28. The van der Waals surface area contributed by atoms with E-state index in [9.17, 15) is 4.39 Å². The Morgan fingerprint density at radius 1 is 1.17 bits per heavy atom. The Hall–Kier alpha value is -1.93. The van der Waals surface area contributed by atoms with Crippen molar-refractivity contribution in [1.82, 2.24) is 24.7 Å². The quantitative estimate of drug-likeness (QED) is 0.471. The summed E-state index contributed by atoms with van der Waals surface area (Å²) in [6.07, 6.45) is 0. The molecule has 0 saturated carbocycles. The average molecular weight is 437 g/mol. The molecule has 1 aromatic carbocycles. The number of nitrogens with zero attached hydrogens (tertiary/aromatic N) is 4. The second kappa shape index (κ2) is 8.30. The third-order valence-electron chi connectivity index (χ3n) is 4.71. The summed E-state index contributed by atoms with van der Waals surface area (Å²) in [6, 6.07) is 8.19. The minimum absolute atomic E-state index is 0. The van der Waals surface area contributed by atoms with Crippen molar-refractivity contribution in [2.45, 2.75) is 26.2 Å². The van der Waals surface area contributed by atoms with Gasteiger partial charge >= 0.3 is 0 Å². The van der Waals surface area contributed by atoms with E-state index < -0.39 is 0 Å². The van der Waals surface area contributed by atoms with E-state index in [2.05, 4.69) is 40.8 Å². The van der Waals surface area contributed by atoms with Crippen molar-refractivity contribution < 1.29 is 9.13 Å². The van der Waals surface area contributed by atoms with Gasteiger partial charge in [0.1, 0.15) is 17.0 Å². The monoisotopic (exact) mass is 436 g/mol. The standard InChI is InChI=1S/C21H21ClFN5O.Na/c1-21(2,3)18-15(22)17(28(4)27-18)19-24-14-10-13(11-8-6-7-9-12(11)23)25-20(29-5)16(14)26-19;/h6-10H,1-5H3,(H,24,26);. The van der Waals surface area contributed by atoms with Crippen molar-refractivity contribution in [2.24, 2.45) is 7.05 Å². The van der Waals surface area contributed by atoms with Crippen LogP contribution in [-0.2, 0) is 12.5 Å². The fourth-order valence-corrected chi connectivity index (χ4v) is 3.82. The SMILES string of the molecule is COc1nc(-c2ccccc2F)cc2nc(-c3c(Cl)c(C(C)(C)C)nn3C)[nH]c12.[Na]. The Morgan fingerprint density at radius 3 is 2.47 bits per heavy atom. The largest absolute Gasteiger partial charge is 0.479 e. The first kappa shape index (κ1) is 22.7. The number of hydrogen-bond donors (Lipinski definition) is 1. The Bertz CT molecular complexity index is 1230. The van der Waals surface area contributed by atoms with E-state index in [0.717, 1.165) is 5.69 Å². The molecule has 0 spiro atoms. The zero-order valence-corrected chi connectivity index (χ0v) is 20.6. The minimum Gasteiger partial charge on any atom is -0.479 e. The summed E-state index contributed by atoms with van der Waals surface area (Å²) in [7, 11) is 3.34. The molecule has 0 aliphatic carbocycles. The third kappa shape index (κ3) is 3.87. The third-order valence-corrected chi connectivity index (χ3v) is 5.07. The van der Waals surface area contributed by atoms with Crippen LogP contribution in [0.15, 0.2) is 30.3 Å². The molecule has 3 aromatic heterocycles. The second-order valence-electron chi connectivity index (χ2n) is 7.86.